The van der Waals surface area contributed by atoms with Gasteiger partial charge in [-0.05, 0) is 42.0 Å². The number of carbonyl (C=O) groups excluding carboxylic acids is 2. The maximum absolute atomic E-state index is 13.1. The van der Waals surface area contributed by atoms with Crippen LogP contribution in [0.5, 0.6) is 0 Å². The minimum Gasteiger partial charge on any atom is -0.271 e. The van der Waals surface area contributed by atoms with Gasteiger partial charge >= 0.3 is 6.18 Å². The summed E-state index contributed by atoms with van der Waals surface area (Å²) in [5.41, 5.74) is -0.352. The quantitative estimate of drug-likeness (QED) is 0.595. The number of anilines is 1. The molecular weight excluding hydrogens is 380 g/mol. The van der Waals surface area contributed by atoms with E-state index >= 15 is 0 Å². The van der Waals surface area contributed by atoms with Crippen LogP contribution in [0.1, 0.15) is 11.1 Å². The number of alkyl halides is 3. The highest BCUT2D eigenvalue weighted by Gasteiger charge is 2.54. The van der Waals surface area contributed by atoms with E-state index in [2.05, 4.69) is 10.3 Å². The molecule has 2 heterocycles. The minimum atomic E-state index is -4.50. The van der Waals surface area contributed by atoms with Crippen molar-refractivity contribution in [1.82, 2.24) is 5.01 Å². The van der Waals surface area contributed by atoms with Crippen molar-refractivity contribution in [3.8, 4) is 0 Å². The smallest absolute Gasteiger partial charge is 0.271 e. The number of nitrogens with zero attached hydrogens (tertiary/aromatic N) is 4. The Morgan fingerprint density at radius 2 is 1.71 bits per heavy atom. The van der Waals surface area contributed by atoms with Gasteiger partial charge in [-0.15, -0.1) is 0 Å². The Morgan fingerprint density at radius 3 is 2.39 bits per heavy atom. The highest BCUT2D eigenvalue weighted by Crippen LogP contribution is 2.34. The molecule has 2 aromatic carbocycles. The Morgan fingerprint density at radius 1 is 1.00 bits per heavy atom. The summed E-state index contributed by atoms with van der Waals surface area (Å²) in [5, 5.41) is 8.81. The molecule has 0 aliphatic carbocycles. The van der Waals surface area contributed by atoms with Crippen molar-refractivity contribution in [2.24, 2.45) is 10.3 Å². The van der Waals surface area contributed by atoms with Gasteiger partial charge in [-0.1, -0.05) is 17.4 Å². The van der Waals surface area contributed by atoms with E-state index in [1.807, 2.05) is 0 Å². The molecule has 2 amide bonds. The van der Waals surface area contributed by atoms with Gasteiger partial charge in [0.1, 0.15) is 5.82 Å². The lowest BCUT2D eigenvalue weighted by atomic mass is 10.1. The first-order chi connectivity index (χ1) is 13.3. The van der Waals surface area contributed by atoms with E-state index in [-0.39, 0.29) is 17.8 Å². The van der Waals surface area contributed by atoms with E-state index in [1.54, 1.807) is 0 Å². The predicted molar refractivity (Wildman–Crippen MR) is 88.3 cm³/mol. The van der Waals surface area contributed by atoms with Gasteiger partial charge < -0.3 is 0 Å². The van der Waals surface area contributed by atoms with Crippen LogP contribution in [0.15, 0.2) is 58.9 Å². The van der Waals surface area contributed by atoms with Crippen molar-refractivity contribution in [3.63, 3.8) is 0 Å². The first-order valence-corrected chi connectivity index (χ1v) is 8.22. The van der Waals surface area contributed by atoms with Crippen LogP contribution >= 0.6 is 0 Å². The van der Waals surface area contributed by atoms with Crippen molar-refractivity contribution in [2.75, 3.05) is 4.90 Å². The van der Waals surface area contributed by atoms with Crippen molar-refractivity contribution < 1.29 is 27.2 Å². The lowest BCUT2D eigenvalue weighted by Crippen LogP contribution is -2.39. The second kappa shape index (κ2) is 6.39. The van der Waals surface area contributed by atoms with Gasteiger partial charge in [-0.3, -0.25) is 14.6 Å². The Balaban J connectivity index is 1.58. The topological polar surface area (TPSA) is 65.3 Å². The molecule has 4 rings (SSSR count). The largest absolute Gasteiger partial charge is 0.416 e. The fourth-order valence-corrected chi connectivity index (χ4v) is 3.23. The third-order valence-electron chi connectivity index (χ3n) is 4.54. The zero-order chi connectivity index (χ0) is 20.1. The van der Waals surface area contributed by atoms with Gasteiger partial charge in [0, 0.05) is 0 Å². The summed E-state index contributed by atoms with van der Waals surface area (Å²) in [6, 6.07) is 7.32. The number of halogens is 4. The van der Waals surface area contributed by atoms with Crippen molar-refractivity contribution >= 4 is 17.5 Å². The Labute approximate surface area is 156 Å². The number of hydrogen-bond acceptors (Lipinski definition) is 5. The zero-order valence-corrected chi connectivity index (χ0v) is 14.1. The minimum absolute atomic E-state index is 0.120. The molecule has 0 saturated carbocycles. The highest BCUT2D eigenvalue weighted by atomic mass is 19.4. The molecule has 28 heavy (non-hydrogen) atoms. The third-order valence-corrected chi connectivity index (χ3v) is 4.54. The number of fused-ring (bicyclic) bond motifs is 1. The SMILES string of the molecule is O=C1[C@@H]2[C@@H](N=NN2Cc2cccc(C(F)(F)F)c2)C(=O)N1c1ccc(F)cc1. The Kier molecular flexibility index (Phi) is 4.13. The summed E-state index contributed by atoms with van der Waals surface area (Å²) in [4.78, 5) is 26.2. The molecule has 1 saturated heterocycles. The van der Waals surface area contributed by atoms with E-state index in [4.69, 9.17) is 0 Å². The van der Waals surface area contributed by atoms with E-state index in [0.717, 1.165) is 29.2 Å². The molecule has 2 aliphatic heterocycles. The maximum atomic E-state index is 13.1. The van der Waals surface area contributed by atoms with Gasteiger partial charge in [-0.2, -0.15) is 18.3 Å². The van der Waals surface area contributed by atoms with Gasteiger partial charge in [0.15, 0.2) is 12.1 Å². The number of carbonyl (C=O) groups is 2. The molecule has 0 radical (unpaired) electrons. The first kappa shape index (κ1) is 18.1. The van der Waals surface area contributed by atoms with Crippen molar-refractivity contribution in [3.05, 3.63) is 65.5 Å². The van der Waals surface area contributed by atoms with Crippen LogP contribution in [0.2, 0.25) is 0 Å². The Hall–Kier alpha value is -3.30. The van der Waals surface area contributed by atoms with Crippen molar-refractivity contribution in [1.29, 1.82) is 0 Å². The number of amides is 2. The van der Waals surface area contributed by atoms with Crippen LogP contribution in [-0.2, 0) is 22.3 Å². The number of rotatable bonds is 3. The number of imide groups is 1. The highest BCUT2D eigenvalue weighted by molar-refractivity contribution is 6.25. The number of hydrogen-bond donors (Lipinski definition) is 0. The molecule has 2 aromatic rings. The summed E-state index contributed by atoms with van der Waals surface area (Å²) in [5.74, 6) is -1.75. The molecule has 144 valence electrons. The van der Waals surface area contributed by atoms with E-state index in [1.165, 1.54) is 29.3 Å². The van der Waals surface area contributed by atoms with E-state index in [0.29, 0.717) is 0 Å². The predicted octanol–water partition coefficient (Wildman–Crippen LogP) is 3.34. The monoisotopic (exact) mass is 392 g/mol. The second-order valence-corrected chi connectivity index (χ2v) is 6.38. The molecule has 0 unspecified atom stereocenters. The average Bonchev–Trinajstić information content (AvgIpc) is 3.16. The summed E-state index contributed by atoms with van der Waals surface area (Å²) >= 11 is 0. The first-order valence-electron chi connectivity index (χ1n) is 8.22. The van der Waals surface area contributed by atoms with Crippen LogP contribution in [0.3, 0.4) is 0 Å². The number of benzene rings is 2. The molecule has 0 bridgehead atoms. The van der Waals surface area contributed by atoms with Crippen LogP contribution in [0.25, 0.3) is 0 Å². The normalized spacial score (nSPS) is 21.6. The molecular formula is C18H12F4N4O2. The standard InChI is InChI=1S/C18H12F4N4O2/c19-12-4-6-13(7-5-12)26-16(27)14-15(17(26)28)25(24-23-14)9-10-2-1-3-11(8-10)18(20,21)22/h1-8,14-15H,9H2/t14-,15+/m1/s1. The zero-order valence-electron chi connectivity index (χ0n) is 14.1. The van der Waals surface area contributed by atoms with Crippen molar-refractivity contribution in [2.45, 2.75) is 24.8 Å². The fraction of sp³-hybridized carbons (Fsp3) is 0.222. The summed E-state index contributed by atoms with van der Waals surface area (Å²) in [6.07, 6.45) is -4.50. The molecule has 10 heteroatoms. The maximum Gasteiger partial charge on any atom is 0.416 e. The molecule has 0 N–H and O–H groups in total. The second-order valence-electron chi connectivity index (χ2n) is 6.38. The van der Waals surface area contributed by atoms with Crippen LogP contribution < -0.4 is 4.90 Å². The molecule has 2 aliphatic rings. The van der Waals surface area contributed by atoms with Gasteiger partial charge in [0.25, 0.3) is 11.8 Å². The molecule has 1 fully saturated rings. The van der Waals surface area contributed by atoms with Gasteiger partial charge in [0.2, 0.25) is 0 Å². The average molecular weight is 392 g/mol. The van der Waals surface area contributed by atoms with Gasteiger partial charge in [0.05, 0.1) is 17.8 Å². The molecule has 0 spiro atoms. The molecule has 0 aromatic heterocycles. The lowest BCUT2D eigenvalue weighted by molar-refractivity contribution is -0.137. The van der Waals surface area contributed by atoms with E-state index < -0.39 is 41.5 Å². The third kappa shape index (κ3) is 3.00. The van der Waals surface area contributed by atoms with Crippen LogP contribution in [0, 0.1) is 5.82 Å². The fourth-order valence-electron chi connectivity index (χ4n) is 3.23. The van der Waals surface area contributed by atoms with E-state index in [9.17, 15) is 27.2 Å². The summed E-state index contributed by atoms with van der Waals surface area (Å²) < 4.78 is 51.8. The molecule has 6 nitrogen and oxygen atoms in total. The van der Waals surface area contributed by atoms with Crippen LogP contribution in [-0.4, -0.2) is 28.9 Å². The molecule has 2 atom stereocenters. The summed E-state index contributed by atoms with van der Waals surface area (Å²) in [6.45, 7) is -0.120. The summed E-state index contributed by atoms with van der Waals surface area (Å²) in [7, 11) is 0. The van der Waals surface area contributed by atoms with Gasteiger partial charge in [-0.25, -0.2) is 9.29 Å². The van der Waals surface area contributed by atoms with Crippen LogP contribution in [0.4, 0.5) is 23.2 Å². The Bertz CT molecular complexity index is 974. The lowest BCUT2D eigenvalue weighted by Gasteiger charge is -2.21.